The Kier molecular flexibility index (Phi) is 3.03. The van der Waals surface area contributed by atoms with Crippen molar-refractivity contribution >= 4 is 16.9 Å². The Bertz CT molecular complexity index is 630. The summed E-state index contributed by atoms with van der Waals surface area (Å²) in [5.74, 6) is -0.768. The highest BCUT2D eigenvalue weighted by Crippen LogP contribution is 2.36. The number of carbonyl (C=O) groups is 1. The molecule has 0 radical (unpaired) electrons. The summed E-state index contributed by atoms with van der Waals surface area (Å²) in [4.78, 5) is 10.8. The summed E-state index contributed by atoms with van der Waals surface area (Å²) in [5.41, 5.74) is 9.83. The number of hydrogen-bond donors (Lipinski definition) is 2. The standard InChI is InChI=1S/C15H18N2O2/c16-12-6-3-5-11-10-4-1-2-7-13(10)17(15(11)12)9-8-14(18)19/h1-2,4,7,12H,3,5-6,8-9,16H2,(H,18,19). The fraction of sp³-hybridized carbons (Fsp3) is 0.400. The lowest BCUT2D eigenvalue weighted by molar-refractivity contribution is -0.137. The lowest BCUT2D eigenvalue weighted by atomic mass is 9.92. The van der Waals surface area contributed by atoms with Crippen LogP contribution in [0.1, 0.15) is 36.6 Å². The number of aromatic nitrogens is 1. The third kappa shape index (κ3) is 2.02. The highest BCUT2D eigenvalue weighted by Gasteiger charge is 2.25. The molecule has 1 aromatic heterocycles. The maximum absolute atomic E-state index is 10.8. The van der Waals surface area contributed by atoms with Crippen LogP contribution in [0.2, 0.25) is 0 Å². The minimum Gasteiger partial charge on any atom is -0.481 e. The molecule has 1 aliphatic carbocycles. The van der Waals surface area contributed by atoms with Crippen molar-refractivity contribution in [2.75, 3.05) is 0 Å². The lowest BCUT2D eigenvalue weighted by Crippen LogP contribution is -2.21. The van der Waals surface area contributed by atoms with Crippen molar-refractivity contribution in [2.24, 2.45) is 5.73 Å². The molecule has 1 atom stereocenters. The summed E-state index contributed by atoms with van der Waals surface area (Å²) in [6.45, 7) is 0.499. The van der Waals surface area contributed by atoms with Gasteiger partial charge in [-0.05, 0) is 30.9 Å². The molecule has 1 unspecified atom stereocenters. The van der Waals surface area contributed by atoms with Crippen LogP contribution in [-0.2, 0) is 17.8 Å². The van der Waals surface area contributed by atoms with E-state index in [9.17, 15) is 4.79 Å². The van der Waals surface area contributed by atoms with Gasteiger partial charge >= 0.3 is 5.97 Å². The number of carboxylic acids is 1. The molecule has 0 amide bonds. The van der Waals surface area contributed by atoms with Gasteiger partial charge in [0.1, 0.15) is 0 Å². The van der Waals surface area contributed by atoms with Gasteiger partial charge in [-0.2, -0.15) is 0 Å². The van der Waals surface area contributed by atoms with E-state index < -0.39 is 5.97 Å². The maximum atomic E-state index is 10.8. The number of carboxylic acid groups (broad SMARTS) is 1. The summed E-state index contributed by atoms with van der Waals surface area (Å²) in [7, 11) is 0. The summed E-state index contributed by atoms with van der Waals surface area (Å²) in [6.07, 6.45) is 3.28. The summed E-state index contributed by atoms with van der Waals surface area (Å²) in [5, 5.41) is 10.1. The highest BCUT2D eigenvalue weighted by atomic mass is 16.4. The van der Waals surface area contributed by atoms with Crippen LogP contribution in [0.15, 0.2) is 24.3 Å². The molecule has 100 valence electrons. The smallest absolute Gasteiger partial charge is 0.305 e. The van der Waals surface area contributed by atoms with Crippen LogP contribution < -0.4 is 5.73 Å². The predicted molar refractivity (Wildman–Crippen MR) is 74.1 cm³/mol. The number of hydrogen-bond acceptors (Lipinski definition) is 2. The molecule has 1 aromatic carbocycles. The zero-order valence-electron chi connectivity index (χ0n) is 10.8. The van der Waals surface area contributed by atoms with Gasteiger partial charge in [0, 0.05) is 29.2 Å². The zero-order chi connectivity index (χ0) is 13.4. The van der Waals surface area contributed by atoms with Gasteiger partial charge in [0.2, 0.25) is 0 Å². The van der Waals surface area contributed by atoms with Gasteiger partial charge in [-0.1, -0.05) is 18.2 Å². The number of rotatable bonds is 3. The van der Waals surface area contributed by atoms with Crippen molar-refractivity contribution in [1.29, 1.82) is 0 Å². The van der Waals surface area contributed by atoms with Crippen LogP contribution in [0.4, 0.5) is 0 Å². The number of benzene rings is 1. The summed E-state index contributed by atoms with van der Waals surface area (Å²) in [6, 6.07) is 8.23. The average molecular weight is 258 g/mol. The van der Waals surface area contributed by atoms with Crippen molar-refractivity contribution in [3.63, 3.8) is 0 Å². The molecule has 1 heterocycles. The number of aryl methyl sites for hydroxylation is 2. The second-order valence-corrected chi connectivity index (χ2v) is 5.18. The van der Waals surface area contributed by atoms with E-state index in [1.165, 1.54) is 10.9 Å². The molecule has 4 nitrogen and oxygen atoms in total. The van der Waals surface area contributed by atoms with Gasteiger partial charge in [0.25, 0.3) is 0 Å². The quantitative estimate of drug-likeness (QED) is 0.888. The second kappa shape index (κ2) is 4.70. The van der Waals surface area contributed by atoms with Crippen LogP contribution in [0.5, 0.6) is 0 Å². The summed E-state index contributed by atoms with van der Waals surface area (Å²) < 4.78 is 2.11. The molecular weight excluding hydrogens is 240 g/mol. The second-order valence-electron chi connectivity index (χ2n) is 5.18. The van der Waals surface area contributed by atoms with E-state index in [-0.39, 0.29) is 12.5 Å². The van der Waals surface area contributed by atoms with Crippen molar-refractivity contribution in [3.8, 4) is 0 Å². The molecule has 0 spiro atoms. The van der Waals surface area contributed by atoms with Crippen molar-refractivity contribution in [3.05, 3.63) is 35.5 Å². The predicted octanol–water partition coefficient (Wildman–Crippen LogP) is 2.45. The Morgan fingerprint density at radius 1 is 1.42 bits per heavy atom. The fourth-order valence-electron chi connectivity index (χ4n) is 3.17. The van der Waals surface area contributed by atoms with Crippen molar-refractivity contribution in [1.82, 2.24) is 4.57 Å². The number of para-hydroxylation sites is 1. The largest absolute Gasteiger partial charge is 0.481 e. The van der Waals surface area contributed by atoms with E-state index in [4.69, 9.17) is 10.8 Å². The van der Waals surface area contributed by atoms with Crippen LogP contribution in [0.3, 0.4) is 0 Å². The van der Waals surface area contributed by atoms with Crippen molar-refractivity contribution in [2.45, 2.75) is 38.3 Å². The Morgan fingerprint density at radius 3 is 3.00 bits per heavy atom. The fourth-order valence-corrected chi connectivity index (χ4v) is 3.17. The first-order valence-electron chi connectivity index (χ1n) is 6.76. The van der Waals surface area contributed by atoms with Crippen LogP contribution in [-0.4, -0.2) is 15.6 Å². The van der Waals surface area contributed by atoms with Crippen LogP contribution >= 0.6 is 0 Å². The van der Waals surface area contributed by atoms with E-state index >= 15 is 0 Å². The van der Waals surface area contributed by atoms with E-state index in [1.54, 1.807) is 0 Å². The monoisotopic (exact) mass is 258 g/mol. The molecule has 2 aromatic rings. The number of aliphatic carboxylic acids is 1. The molecule has 0 bridgehead atoms. The minimum atomic E-state index is -0.768. The van der Waals surface area contributed by atoms with Gasteiger partial charge in [-0.3, -0.25) is 4.79 Å². The molecule has 1 aliphatic rings. The van der Waals surface area contributed by atoms with E-state index in [0.29, 0.717) is 6.54 Å². The normalized spacial score (nSPS) is 18.5. The van der Waals surface area contributed by atoms with Crippen LogP contribution in [0.25, 0.3) is 10.9 Å². The van der Waals surface area contributed by atoms with E-state index in [0.717, 1.165) is 30.5 Å². The summed E-state index contributed by atoms with van der Waals surface area (Å²) >= 11 is 0. The van der Waals surface area contributed by atoms with E-state index in [2.05, 4.69) is 16.7 Å². The third-order valence-corrected chi connectivity index (χ3v) is 3.96. The van der Waals surface area contributed by atoms with Gasteiger partial charge in [0.05, 0.1) is 6.42 Å². The SMILES string of the molecule is NC1CCCc2c1n(CCC(=O)O)c1ccccc21. The minimum absolute atomic E-state index is 0.0324. The van der Waals surface area contributed by atoms with Gasteiger partial charge < -0.3 is 15.4 Å². The topological polar surface area (TPSA) is 68.2 Å². The molecule has 3 N–H and O–H groups in total. The molecular formula is C15H18N2O2. The molecule has 0 saturated carbocycles. The first kappa shape index (κ1) is 12.2. The van der Waals surface area contributed by atoms with Crippen molar-refractivity contribution < 1.29 is 9.90 Å². The Balaban J connectivity index is 2.17. The molecule has 3 rings (SSSR count). The highest BCUT2D eigenvalue weighted by molar-refractivity contribution is 5.86. The van der Waals surface area contributed by atoms with E-state index in [1.807, 2.05) is 12.1 Å². The first-order chi connectivity index (χ1) is 9.18. The van der Waals surface area contributed by atoms with Gasteiger partial charge in [0.15, 0.2) is 0 Å². The average Bonchev–Trinajstić information content (AvgIpc) is 2.72. The maximum Gasteiger partial charge on any atom is 0.305 e. The van der Waals surface area contributed by atoms with Gasteiger partial charge in [-0.25, -0.2) is 0 Å². The van der Waals surface area contributed by atoms with Gasteiger partial charge in [-0.15, -0.1) is 0 Å². The molecule has 0 aliphatic heterocycles. The number of nitrogens with two attached hydrogens (primary N) is 1. The lowest BCUT2D eigenvalue weighted by Gasteiger charge is -2.22. The molecule has 4 heteroatoms. The molecule has 0 fully saturated rings. The Morgan fingerprint density at radius 2 is 2.21 bits per heavy atom. The number of fused-ring (bicyclic) bond motifs is 3. The Labute approximate surface area is 111 Å². The molecule has 0 saturated heterocycles. The molecule has 19 heavy (non-hydrogen) atoms. The zero-order valence-corrected chi connectivity index (χ0v) is 10.8. The third-order valence-electron chi connectivity index (χ3n) is 3.96. The Hall–Kier alpha value is -1.81. The van der Waals surface area contributed by atoms with Crippen LogP contribution in [0, 0.1) is 0 Å². The first-order valence-corrected chi connectivity index (χ1v) is 6.76. The number of nitrogens with zero attached hydrogens (tertiary/aromatic N) is 1.